The lowest BCUT2D eigenvalue weighted by Crippen LogP contribution is -2.40. The number of thiocarbonyl (C=S) groups is 1. The third kappa shape index (κ3) is 4.79. The number of H-pyrrole nitrogens is 1. The molecule has 1 aliphatic rings. The van der Waals surface area contributed by atoms with Crippen LogP contribution in [0, 0.1) is 13.8 Å². The second-order valence-corrected chi connectivity index (χ2v) is 8.64. The van der Waals surface area contributed by atoms with Gasteiger partial charge in [-0.05, 0) is 68.2 Å². The summed E-state index contributed by atoms with van der Waals surface area (Å²) in [6, 6.07) is 13.7. The van der Waals surface area contributed by atoms with Crippen LogP contribution in [0.2, 0.25) is 0 Å². The topological polar surface area (TPSA) is 66.6 Å². The standard InChI is InChI=1S/C25H29N3O3S/c1-16-10-11-17(2)23-20(16)13-18(24(29)27-23)14-28(15-19-7-6-12-31-19)25(32)26-21-8-4-5-9-22(21)30-3/h4-5,8-11,13,19H,6-7,12,14-15H2,1-3H3,(H,26,32)(H,27,29). The van der Waals surface area contributed by atoms with Gasteiger partial charge in [0, 0.05) is 24.1 Å². The summed E-state index contributed by atoms with van der Waals surface area (Å²) in [7, 11) is 1.63. The van der Waals surface area contributed by atoms with Crippen molar-refractivity contribution in [3.05, 3.63) is 69.5 Å². The minimum Gasteiger partial charge on any atom is -0.495 e. The molecule has 1 aromatic heterocycles. The van der Waals surface area contributed by atoms with E-state index >= 15 is 0 Å². The van der Waals surface area contributed by atoms with Gasteiger partial charge in [-0.2, -0.15) is 0 Å². The number of pyridine rings is 1. The number of methoxy groups -OCH3 is 1. The molecule has 0 saturated carbocycles. The molecule has 1 fully saturated rings. The zero-order chi connectivity index (χ0) is 22.7. The van der Waals surface area contributed by atoms with Crippen LogP contribution in [-0.4, -0.2) is 41.4 Å². The van der Waals surface area contributed by atoms with Gasteiger partial charge in [0.1, 0.15) is 5.75 Å². The Morgan fingerprint density at radius 2 is 2.03 bits per heavy atom. The minimum absolute atomic E-state index is 0.0935. The third-order valence-corrected chi connectivity index (χ3v) is 6.33. The largest absolute Gasteiger partial charge is 0.495 e. The van der Waals surface area contributed by atoms with E-state index in [1.54, 1.807) is 7.11 Å². The maximum Gasteiger partial charge on any atom is 0.253 e. The van der Waals surface area contributed by atoms with Crippen molar-refractivity contribution in [3.8, 4) is 5.75 Å². The van der Waals surface area contributed by atoms with Crippen LogP contribution in [0.1, 0.15) is 29.5 Å². The maximum absolute atomic E-state index is 13.0. The zero-order valence-corrected chi connectivity index (χ0v) is 19.6. The fraction of sp³-hybridized carbons (Fsp3) is 0.360. The van der Waals surface area contributed by atoms with E-state index in [0.717, 1.165) is 47.2 Å². The quantitative estimate of drug-likeness (QED) is 0.537. The van der Waals surface area contributed by atoms with Crippen LogP contribution in [0.25, 0.3) is 10.9 Å². The molecule has 1 saturated heterocycles. The van der Waals surface area contributed by atoms with Crippen molar-refractivity contribution in [2.24, 2.45) is 0 Å². The molecule has 2 heterocycles. The van der Waals surface area contributed by atoms with Gasteiger partial charge in [-0.15, -0.1) is 0 Å². The van der Waals surface area contributed by atoms with Gasteiger partial charge in [0.05, 0.1) is 31.0 Å². The molecule has 6 nitrogen and oxygen atoms in total. The number of nitrogens with one attached hydrogen (secondary N) is 2. The molecule has 0 aliphatic carbocycles. The second-order valence-electron chi connectivity index (χ2n) is 8.26. The number of hydrogen-bond donors (Lipinski definition) is 2. The van der Waals surface area contributed by atoms with Gasteiger partial charge in [-0.1, -0.05) is 24.3 Å². The van der Waals surface area contributed by atoms with Crippen molar-refractivity contribution in [2.45, 2.75) is 39.3 Å². The molecule has 1 atom stereocenters. The number of rotatable bonds is 6. The summed E-state index contributed by atoms with van der Waals surface area (Å²) in [5.41, 5.74) is 4.44. The van der Waals surface area contributed by atoms with E-state index in [2.05, 4.69) is 23.3 Å². The van der Waals surface area contributed by atoms with Crippen LogP contribution in [0.15, 0.2) is 47.3 Å². The summed E-state index contributed by atoms with van der Waals surface area (Å²) in [6.07, 6.45) is 2.12. The lowest BCUT2D eigenvalue weighted by atomic mass is 10.0. The monoisotopic (exact) mass is 451 g/mol. The van der Waals surface area contributed by atoms with E-state index in [1.807, 2.05) is 48.2 Å². The van der Waals surface area contributed by atoms with Crippen LogP contribution in [0.3, 0.4) is 0 Å². The summed E-state index contributed by atoms with van der Waals surface area (Å²) in [4.78, 5) is 18.0. The molecular weight excluding hydrogens is 422 g/mol. The molecule has 168 valence electrons. The first-order valence-electron chi connectivity index (χ1n) is 10.9. The Bertz CT molecular complexity index is 1180. The average Bonchev–Trinajstić information content (AvgIpc) is 3.30. The summed E-state index contributed by atoms with van der Waals surface area (Å²) in [5, 5.41) is 4.89. The molecule has 0 radical (unpaired) electrons. The highest BCUT2D eigenvalue weighted by Crippen LogP contribution is 2.25. The number of nitrogens with zero attached hydrogens (tertiary/aromatic N) is 1. The highest BCUT2D eigenvalue weighted by Gasteiger charge is 2.23. The molecule has 32 heavy (non-hydrogen) atoms. The number of hydrogen-bond acceptors (Lipinski definition) is 4. The Morgan fingerprint density at radius 3 is 2.78 bits per heavy atom. The Morgan fingerprint density at radius 1 is 1.25 bits per heavy atom. The van der Waals surface area contributed by atoms with Crippen molar-refractivity contribution >= 4 is 33.9 Å². The van der Waals surface area contributed by atoms with Crippen molar-refractivity contribution in [1.29, 1.82) is 0 Å². The second kappa shape index (κ2) is 9.71. The zero-order valence-electron chi connectivity index (χ0n) is 18.7. The molecule has 3 aromatic rings. The Kier molecular flexibility index (Phi) is 6.77. The lowest BCUT2D eigenvalue weighted by molar-refractivity contribution is 0.0904. The van der Waals surface area contributed by atoms with Crippen molar-refractivity contribution in [1.82, 2.24) is 9.88 Å². The van der Waals surface area contributed by atoms with Gasteiger partial charge in [0.25, 0.3) is 5.56 Å². The van der Waals surface area contributed by atoms with Gasteiger partial charge in [0.15, 0.2) is 5.11 Å². The fourth-order valence-electron chi connectivity index (χ4n) is 4.14. The molecule has 0 amide bonds. The van der Waals surface area contributed by atoms with Gasteiger partial charge in [0.2, 0.25) is 0 Å². The Hall–Kier alpha value is -2.90. The van der Waals surface area contributed by atoms with Crippen LogP contribution >= 0.6 is 12.2 Å². The Labute approximate surface area is 193 Å². The van der Waals surface area contributed by atoms with E-state index in [4.69, 9.17) is 21.7 Å². The summed E-state index contributed by atoms with van der Waals surface area (Å²) in [6.45, 7) is 5.83. The number of benzene rings is 2. The normalized spacial score (nSPS) is 15.7. The van der Waals surface area contributed by atoms with E-state index < -0.39 is 0 Å². The smallest absolute Gasteiger partial charge is 0.253 e. The number of aryl methyl sites for hydroxylation is 2. The van der Waals surface area contributed by atoms with E-state index in [0.29, 0.717) is 29.5 Å². The molecule has 0 spiro atoms. The average molecular weight is 452 g/mol. The third-order valence-electron chi connectivity index (χ3n) is 5.97. The number of aromatic nitrogens is 1. The molecule has 1 aliphatic heterocycles. The molecule has 2 N–H and O–H groups in total. The summed E-state index contributed by atoms with van der Waals surface area (Å²) in [5.74, 6) is 0.710. The van der Waals surface area contributed by atoms with Gasteiger partial charge in [-0.3, -0.25) is 4.79 Å². The molecule has 2 aromatic carbocycles. The van der Waals surface area contributed by atoms with Crippen LogP contribution in [0.4, 0.5) is 5.69 Å². The van der Waals surface area contributed by atoms with E-state index in [-0.39, 0.29) is 11.7 Å². The fourth-order valence-corrected chi connectivity index (χ4v) is 4.39. The number of fused-ring (bicyclic) bond motifs is 1. The molecular formula is C25H29N3O3S. The van der Waals surface area contributed by atoms with E-state index in [9.17, 15) is 4.79 Å². The van der Waals surface area contributed by atoms with Crippen LogP contribution in [-0.2, 0) is 11.3 Å². The predicted octanol–water partition coefficient (Wildman–Crippen LogP) is 4.53. The minimum atomic E-state index is -0.0939. The SMILES string of the molecule is COc1ccccc1NC(=S)N(Cc1cc2c(C)ccc(C)c2[nH]c1=O)CC1CCCO1. The first-order chi connectivity index (χ1) is 15.5. The van der Waals surface area contributed by atoms with Crippen molar-refractivity contribution in [3.63, 3.8) is 0 Å². The van der Waals surface area contributed by atoms with Gasteiger partial charge >= 0.3 is 0 Å². The molecule has 7 heteroatoms. The predicted molar refractivity (Wildman–Crippen MR) is 133 cm³/mol. The molecule has 0 bridgehead atoms. The first-order valence-corrected chi connectivity index (χ1v) is 11.3. The maximum atomic E-state index is 13.0. The van der Waals surface area contributed by atoms with Crippen molar-refractivity contribution < 1.29 is 9.47 Å². The Balaban J connectivity index is 1.65. The van der Waals surface area contributed by atoms with Crippen LogP contribution < -0.4 is 15.6 Å². The molecule has 4 rings (SSSR count). The lowest BCUT2D eigenvalue weighted by Gasteiger charge is -2.28. The van der Waals surface area contributed by atoms with E-state index in [1.165, 1.54) is 0 Å². The number of ether oxygens (including phenoxy) is 2. The highest BCUT2D eigenvalue weighted by molar-refractivity contribution is 7.80. The summed E-state index contributed by atoms with van der Waals surface area (Å²) < 4.78 is 11.3. The van der Waals surface area contributed by atoms with Gasteiger partial charge in [-0.25, -0.2) is 0 Å². The van der Waals surface area contributed by atoms with Crippen LogP contribution in [0.5, 0.6) is 5.75 Å². The highest BCUT2D eigenvalue weighted by atomic mass is 32.1. The number of para-hydroxylation sites is 2. The number of aromatic amines is 1. The van der Waals surface area contributed by atoms with Crippen molar-refractivity contribution in [2.75, 3.05) is 25.6 Å². The first kappa shape index (κ1) is 22.3. The number of anilines is 1. The molecule has 1 unspecified atom stereocenters. The van der Waals surface area contributed by atoms with Gasteiger partial charge < -0.3 is 24.7 Å². The summed E-state index contributed by atoms with van der Waals surface area (Å²) >= 11 is 5.78.